The van der Waals surface area contributed by atoms with Gasteiger partial charge in [-0.3, -0.25) is 0 Å². The van der Waals surface area contributed by atoms with Crippen molar-refractivity contribution in [2.75, 3.05) is 0 Å². The number of halogens is 3. The highest BCUT2D eigenvalue weighted by Gasteiger charge is 2.49. The fraction of sp³-hybridized carbons (Fsp3) is 0.818. The lowest BCUT2D eigenvalue weighted by Crippen LogP contribution is -2.29. The van der Waals surface area contributed by atoms with Crippen molar-refractivity contribution in [1.29, 1.82) is 0 Å². The van der Waals surface area contributed by atoms with E-state index in [0.717, 1.165) is 6.42 Å². The molecule has 106 valence electrons. The van der Waals surface area contributed by atoms with Crippen LogP contribution in [0.25, 0.3) is 0 Å². The van der Waals surface area contributed by atoms with Crippen molar-refractivity contribution in [2.24, 2.45) is 17.8 Å². The second-order valence-electron chi connectivity index (χ2n) is 4.96. The summed E-state index contributed by atoms with van der Waals surface area (Å²) in [5.74, 6) is -0.287. The molecule has 0 saturated heterocycles. The van der Waals surface area contributed by atoms with Gasteiger partial charge in [0.05, 0.1) is 0 Å². The molecule has 0 aromatic rings. The minimum absolute atomic E-state index is 0.0263. The number of hydrogen-bond acceptors (Lipinski definition) is 3. The van der Waals surface area contributed by atoms with Crippen LogP contribution in [0.2, 0.25) is 0 Å². The van der Waals surface area contributed by atoms with Gasteiger partial charge in [0, 0.05) is 5.92 Å². The Bertz CT molecular complexity index is 423. The highest BCUT2D eigenvalue weighted by molar-refractivity contribution is 7.87. The summed E-state index contributed by atoms with van der Waals surface area (Å²) in [4.78, 5) is 0. The quantitative estimate of drug-likeness (QED) is 0.589. The van der Waals surface area contributed by atoms with Crippen molar-refractivity contribution in [3.8, 4) is 0 Å². The van der Waals surface area contributed by atoms with Gasteiger partial charge in [0.15, 0.2) is 0 Å². The summed E-state index contributed by atoms with van der Waals surface area (Å²) in [6.07, 6.45) is 2.94. The molecule has 0 heterocycles. The number of rotatable bonds is 3. The van der Waals surface area contributed by atoms with Crippen molar-refractivity contribution < 1.29 is 25.8 Å². The van der Waals surface area contributed by atoms with E-state index < -0.39 is 15.6 Å². The average Bonchev–Trinajstić information content (AvgIpc) is 2.14. The molecule has 0 fully saturated rings. The molecule has 0 amide bonds. The molecule has 0 unspecified atom stereocenters. The van der Waals surface area contributed by atoms with E-state index >= 15 is 0 Å². The Kier molecular flexibility index (Phi) is 4.35. The van der Waals surface area contributed by atoms with Gasteiger partial charge in [0.2, 0.25) is 0 Å². The van der Waals surface area contributed by atoms with Crippen molar-refractivity contribution in [3.05, 3.63) is 11.8 Å². The molecule has 0 spiro atoms. The smallest absolute Gasteiger partial charge is 0.381 e. The molecule has 0 aromatic carbocycles. The van der Waals surface area contributed by atoms with Crippen LogP contribution >= 0.6 is 0 Å². The molecule has 7 heteroatoms. The van der Waals surface area contributed by atoms with Gasteiger partial charge < -0.3 is 4.18 Å². The Hall–Kier alpha value is -0.720. The lowest BCUT2D eigenvalue weighted by atomic mass is 9.81. The number of alkyl halides is 3. The monoisotopic (exact) mass is 286 g/mol. The molecular formula is C11H17F3O3S. The van der Waals surface area contributed by atoms with Gasteiger partial charge in [-0.15, -0.1) is 0 Å². The Morgan fingerprint density at radius 2 is 1.89 bits per heavy atom. The van der Waals surface area contributed by atoms with Crippen molar-refractivity contribution >= 4 is 10.1 Å². The highest BCUT2D eigenvalue weighted by Crippen LogP contribution is 2.37. The van der Waals surface area contributed by atoms with E-state index in [9.17, 15) is 21.6 Å². The standard InChI is InChI=1S/C11H17F3O3S/c1-7(2)9-5-4-8(3)6-10(9)17-18(15,16)11(12,13)14/h6-9H,4-5H2,1-3H3/t8-,9+/m1/s1. The third-order valence-corrected chi connectivity index (χ3v) is 4.02. The summed E-state index contributed by atoms with van der Waals surface area (Å²) in [5, 5.41) is 0. The molecule has 0 radical (unpaired) electrons. The largest absolute Gasteiger partial charge is 0.534 e. The van der Waals surface area contributed by atoms with Crippen LogP contribution in [0.1, 0.15) is 33.6 Å². The molecule has 3 nitrogen and oxygen atoms in total. The van der Waals surface area contributed by atoms with Gasteiger partial charge in [0.1, 0.15) is 5.76 Å². The first-order valence-electron chi connectivity index (χ1n) is 5.77. The maximum atomic E-state index is 12.3. The number of allylic oxidation sites excluding steroid dienone is 2. The summed E-state index contributed by atoms with van der Waals surface area (Å²) in [6, 6.07) is 0. The van der Waals surface area contributed by atoms with Crippen LogP contribution in [0.15, 0.2) is 11.8 Å². The summed E-state index contributed by atoms with van der Waals surface area (Å²) >= 11 is 0. The molecule has 18 heavy (non-hydrogen) atoms. The van der Waals surface area contributed by atoms with Crippen LogP contribution in [-0.2, 0) is 14.3 Å². The zero-order chi connectivity index (χ0) is 14.1. The fourth-order valence-electron chi connectivity index (χ4n) is 2.00. The maximum absolute atomic E-state index is 12.3. The van der Waals surface area contributed by atoms with Crippen LogP contribution in [-0.4, -0.2) is 13.9 Å². The van der Waals surface area contributed by atoms with Crippen LogP contribution in [0.4, 0.5) is 13.2 Å². The van der Waals surface area contributed by atoms with E-state index in [-0.39, 0.29) is 23.5 Å². The molecular weight excluding hydrogens is 269 g/mol. The van der Waals surface area contributed by atoms with E-state index in [1.165, 1.54) is 6.08 Å². The average molecular weight is 286 g/mol. The van der Waals surface area contributed by atoms with Crippen molar-refractivity contribution in [2.45, 2.75) is 39.1 Å². The summed E-state index contributed by atoms with van der Waals surface area (Å²) in [7, 11) is -5.56. The Morgan fingerprint density at radius 1 is 1.33 bits per heavy atom. The Labute approximate surface area is 105 Å². The topological polar surface area (TPSA) is 43.4 Å². The maximum Gasteiger partial charge on any atom is 0.534 e. The van der Waals surface area contributed by atoms with E-state index in [4.69, 9.17) is 0 Å². The molecule has 0 aromatic heterocycles. The molecule has 2 atom stereocenters. The number of hydrogen-bond donors (Lipinski definition) is 0. The van der Waals surface area contributed by atoms with Gasteiger partial charge in [0.25, 0.3) is 0 Å². The fourth-order valence-corrected chi connectivity index (χ4v) is 2.52. The summed E-state index contributed by atoms with van der Waals surface area (Å²) < 4.78 is 63.1. The third kappa shape index (κ3) is 3.40. The molecule has 1 aliphatic carbocycles. The zero-order valence-corrected chi connectivity index (χ0v) is 11.3. The van der Waals surface area contributed by atoms with Crippen molar-refractivity contribution in [3.63, 3.8) is 0 Å². The SMILES string of the molecule is CC(C)[C@@H]1CC[C@@H](C)C=C1OS(=O)(=O)C(F)(F)F. The highest BCUT2D eigenvalue weighted by atomic mass is 32.2. The first-order valence-corrected chi connectivity index (χ1v) is 7.18. The summed E-state index contributed by atoms with van der Waals surface area (Å²) in [6.45, 7) is 5.48. The summed E-state index contributed by atoms with van der Waals surface area (Å²) in [5.41, 5.74) is -5.38. The molecule has 0 bridgehead atoms. The van der Waals surface area contributed by atoms with E-state index in [1.54, 1.807) is 0 Å². The predicted molar refractivity (Wildman–Crippen MR) is 60.9 cm³/mol. The first kappa shape index (κ1) is 15.3. The zero-order valence-electron chi connectivity index (χ0n) is 10.5. The Morgan fingerprint density at radius 3 is 2.33 bits per heavy atom. The van der Waals surface area contributed by atoms with Crippen LogP contribution in [0.3, 0.4) is 0 Å². The molecule has 1 aliphatic rings. The van der Waals surface area contributed by atoms with Gasteiger partial charge in [-0.1, -0.05) is 20.8 Å². The van der Waals surface area contributed by atoms with Crippen LogP contribution in [0.5, 0.6) is 0 Å². The third-order valence-electron chi connectivity index (χ3n) is 3.04. The first-order chi connectivity index (χ1) is 8.04. The second kappa shape index (κ2) is 5.11. The van der Waals surface area contributed by atoms with Crippen LogP contribution < -0.4 is 0 Å². The second-order valence-corrected chi connectivity index (χ2v) is 6.50. The lowest BCUT2D eigenvalue weighted by Gasteiger charge is -2.29. The predicted octanol–water partition coefficient (Wildman–Crippen LogP) is 3.44. The van der Waals surface area contributed by atoms with E-state index in [1.807, 2.05) is 20.8 Å². The van der Waals surface area contributed by atoms with E-state index in [0.29, 0.717) is 6.42 Å². The molecule has 0 N–H and O–H groups in total. The van der Waals surface area contributed by atoms with Gasteiger partial charge in [-0.25, -0.2) is 0 Å². The van der Waals surface area contributed by atoms with Gasteiger partial charge in [-0.2, -0.15) is 21.6 Å². The Balaban J connectivity index is 2.99. The lowest BCUT2D eigenvalue weighted by molar-refractivity contribution is -0.0530. The molecule has 0 saturated carbocycles. The molecule has 0 aliphatic heterocycles. The minimum Gasteiger partial charge on any atom is -0.381 e. The minimum atomic E-state index is -5.56. The normalized spacial score (nSPS) is 26.1. The van der Waals surface area contributed by atoms with Crippen LogP contribution in [0, 0.1) is 17.8 Å². The van der Waals surface area contributed by atoms with Gasteiger partial charge >= 0.3 is 15.6 Å². The van der Waals surface area contributed by atoms with Crippen molar-refractivity contribution in [1.82, 2.24) is 0 Å². The van der Waals surface area contributed by atoms with E-state index in [2.05, 4.69) is 4.18 Å². The van der Waals surface area contributed by atoms with Gasteiger partial charge in [-0.05, 0) is 30.8 Å². The molecule has 1 rings (SSSR count).